The van der Waals surface area contributed by atoms with Gasteiger partial charge in [-0.15, -0.1) is 0 Å². The molecule has 2 rings (SSSR count). The zero-order chi connectivity index (χ0) is 14.4. The number of nitrogens with zero attached hydrogens (tertiary/aromatic N) is 1. The number of rotatable bonds is 3. The highest BCUT2D eigenvalue weighted by molar-refractivity contribution is 5.85. The third kappa shape index (κ3) is 3.53. The number of nitriles is 1. The number of carbonyl (C=O) groups is 1. The molecule has 2 fully saturated rings. The molecule has 0 aromatic heterocycles. The van der Waals surface area contributed by atoms with Gasteiger partial charge in [0.05, 0.1) is 6.07 Å². The van der Waals surface area contributed by atoms with Crippen molar-refractivity contribution < 1.29 is 4.79 Å². The van der Waals surface area contributed by atoms with Crippen molar-refractivity contribution in [1.82, 2.24) is 5.32 Å². The summed E-state index contributed by atoms with van der Waals surface area (Å²) in [5.74, 6) is 1.31. The highest BCUT2D eigenvalue weighted by atomic mass is 16.2. The van der Waals surface area contributed by atoms with Crippen LogP contribution in [-0.2, 0) is 4.79 Å². The molecule has 2 unspecified atom stereocenters. The molecule has 0 heterocycles. The molecule has 1 N–H and O–H groups in total. The molecule has 20 heavy (non-hydrogen) atoms. The van der Waals surface area contributed by atoms with E-state index in [0.717, 1.165) is 45.1 Å². The van der Waals surface area contributed by atoms with Gasteiger partial charge in [-0.3, -0.25) is 4.79 Å². The Morgan fingerprint density at radius 1 is 1.15 bits per heavy atom. The third-order valence-electron chi connectivity index (χ3n) is 5.42. The monoisotopic (exact) mass is 276 g/mol. The van der Waals surface area contributed by atoms with E-state index in [0.29, 0.717) is 11.8 Å². The minimum absolute atomic E-state index is 0.000302. The van der Waals surface area contributed by atoms with Gasteiger partial charge < -0.3 is 5.32 Å². The summed E-state index contributed by atoms with van der Waals surface area (Å²) in [6.07, 6.45) is 11.0. The van der Waals surface area contributed by atoms with Crippen LogP contribution in [0, 0.1) is 28.6 Å². The molecule has 2 atom stereocenters. The molecule has 1 amide bonds. The molecule has 0 bridgehead atoms. The Labute approximate surface area is 123 Å². The van der Waals surface area contributed by atoms with E-state index in [9.17, 15) is 10.1 Å². The van der Waals surface area contributed by atoms with Crippen molar-refractivity contribution in [2.75, 3.05) is 6.54 Å². The summed E-state index contributed by atoms with van der Waals surface area (Å²) >= 11 is 0. The van der Waals surface area contributed by atoms with Crippen molar-refractivity contribution in [1.29, 1.82) is 5.26 Å². The number of hydrogen-bond acceptors (Lipinski definition) is 2. The van der Waals surface area contributed by atoms with E-state index in [1.165, 1.54) is 25.7 Å². The molecule has 0 aromatic rings. The fourth-order valence-corrected chi connectivity index (χ4v) is 3.81. The van der Waals surface area contributed by atoms with Crippen molar-refractivity contribution in [2.24, 2.45) is 17.3 Å². The van der Waals surface area contributed by atoms with Gasteiger partial charge in [0, 0.05) is 6.54 Å². The first-order valence-electron chi connectivity index (χ1n) is 8.37. The van der Waals surface area contributed by atoms with Crippen LogP contribution in [0.4, 0.5) is 0 Å². The summed E-state index contributed by atoms with van der Waals surface area (Å²) in [7, 11) is 0. The lowest BCUT2D eigenvalue weighted by Crippen LogP contribution is -2.43. The fourth-order valence-electron chi connectivity index (χ4n) is 3.81. The van der Waals surface area contributed by atoms with E-state index >= 15 is 0 Å². The van der Waals surface area contributed by atoms with Gasteiger partial charge >= 0.3 is 0 Å². The topological polar surface area (TPSA) is 52.9 Å². The van der Waals surface area contributed by atoms with Crippen molar-refractivity contribution in [3.05, 3.63) is 0 Å². The van der Waals surface area contributed by atoms with Gasteiger partial charge in [-0.05, 0) is 31.1 Å². The van der Waals surface area contributed by atoms with Crippen LogP contribution >= 0.6 is 0 Å². The molecular formula is C17H28N2O. The lowest BCUT2D eigenvalue weighted by atomic mass is 9.79. The maximum atomic E-state index is 12.5. The van der Waals surface area contributed by atoms with Crippen molar-refractivity contribution in [3.8, 4) is 6.07 Å². The van der Waals surface area contributed by atoms with E-state index in [1.807, 2.05) is 0 Å². The SMILES string of the molecule is CC1CCCCC1CNC(=O)C1(C#N)CCCCCC1. The molecule has 0 saturated heterocycles. The van der Waals surface area contributed by atoms with Crippen molar-refractivity contribution >= 4 is 5.91 Å². The molecule has 3 heteroatoms. The first-order valence-corrected chi connectivity index (χ1v) is 8.37. The Hall–Kier alpha value is -1.04. The lowest BCUT2D eigenvalue weighted by Gasteiger charge is -2.30. The molecule has 2 aliphatic carbocycles. The second kappa shape index (κ2) is 7.11. The minimum atomic E-state index is -0.742. The summed E-state index contributed by atoms with van der Waals surface area (Å²) in [6, 6.07) is 2.34. The summed E-state index contributed by atoms with van der Waals surface area (Å²) < 4.78 is 0. The van der Waals surface area contributed by atoms with Crippen molar-refractivity contribution in [3.63, 3.8) is 0 Å². The van der Waals surface area contributed by atoms with Crippen LogP contribution < -0.4 is 5.32 Å². The molecule has 112 valence electrons. The Morgan fingerprint density at radius 3 is 2.40 bits per heavy atom. The number of nitrogens with one attached hydrogen (secondary N) is 1. The zero-order valence-electron chi connectivity index (χ0n) is 12.8. The largest absolute Gasteiger partial charge is 0.354 e. The number of hydrogen-bond donors (Lipinski definition) is 1. The van der Waals surface area contributed by atoms with Crippen LogP contribution in [-0.4, -0.2) is 12.5 Å². The van der Waals surface area contributed by atoms with Gasteiger partial charge in [0.1, 0.15) is 5.41 Å². The quantitative estimate of drug-likeness (QED) is 0.797. The normalized spacial score (nSPS) is 30.0. The molecule has 2 aliphatic rings. The van der Waals surface area contributed by atoms with Crippen LogP contribution in [0.3, 0.4) is 0 Å². The van der Waals surface area contributed by atoms with Gasteiger partial charge in [-0.1, -0.05) is 51.9 Å². The molecule has 2 saturated carbocycles. The van der Waals surface area contributed by atoms with Crippen LogP contribution in [0.15, 0.2) is 0 Å². The Kier molecular flexibility index (Phi) is 5.46. The minimum Gasteiger partial charge on any atom is -0.354 e. The molecule has 3 nitrogen and oxygen atoms in total. The van der Waals surface area contributed by atoms with Gasteiger partial charge in [0.2, 0.25) is 5.91 Å². The Morgan fingerprint density at radius 2 is 1.80 bits per heavy atom. The highest BCUT2D eigenvalue weighted by Gasteiger charge is 2.39. The molecule has 0 aliphatic heterocycles. The maximum Gasteiger partial charge on any atom is 0.240 e. The Bertz CT molecular complexity index is 364. The summed E-state index contributed by atoms with van der Waals surface area (Å²) in [5, 5.41) is 12.6. The van der Waals surface area contributed by atoms with E-state index in [2.05, 4.69) is 18.3 Å². The summed E-state index contributed by atoms with van der Waals surface area (Å²) in [5.41, 5.74) is -0.742. The second-order valence-electron chi connectivity index (χ2n) is 6.84. The van der Waals surface area contributed by atoms with Gasteiger partial charge in [0.25, 0.3) is 0 Å². The molecule has 0 aromatic carbocycles. The molecule has 0 spiro atoms. The predicted molar refractivity (Wildman–Crippen MR) is 79.9 cm³/mol. The van der Waals surface area contributed by atoms with E-state index < -0.39 is 5.41 Å². The first kappa shape index (κ1) is 15.4. The average molecular weight is 276 g/mol. The third-order valence-corrected chi connectivity index (χ3v) is 5.42. The van der Waals surface area contributed by atoms with Gasteiger partial charge in [-0.2, -0.15) is 5.26 Å². The van der Waals surface area contributed by atoms with Gasteiger partial charge in [-0.25, -0.2) is 0 Å². The van der Waals surface area contributed by atoms with Crippen molar-refractivity contribution in [2.45, 2.75) is 71.1 Å². The van der Waals surface area contributed by atoms with E-state index in [4.69, 9.17) is 0 Å². The van der Waals surface area contributed by atoms with E-state index in [1.54, 1.807) is 0 Å². The number of carbonyl (C=O) groups excluding carboxylic acids is 1. The first-order chi connectivity index (χ1) is 9.68. The highest BCUT2D eigenvalue weighted by Crippen LogP contribution is 2.35. The second-order valence-corrected chi connectivity index (χ2v) is 6.84. The summed E-state index contributed by atoms with van der Waals surface area (Å²) in [6.45, 7) is 3.06. The lowest BCUT2D eigenvalue weighted by molar-refractivity contribution is -0.129. The standard InChI is InChI=1S/C17H28N2O/c1-14-8-4-5-9-15(14)12-19-16(20)17(13-18)10-6-2-3-7-11-17/h14-15H,2-12H2,1H3,(H,19,20). The van der Waals surface area contributed by atoms with Crippen LogP contribution in [0.25, 0.3) is 0 Å². The van der Waals surface area contributed by atoms with Crippen LogP contribution in [0.1, 0.15) is 71.1 Å². The van der Waals surface area contributed by atoms with Crippen LogP contribution in [0.2, 0.25) is 0 Å². The molecular weight excluding hydrogens is 248 g/mol. The predicted octanol–water partition coefficient (Wildman–Crippen LogP) is 3.79. The zero-order valence-corrected chi connectivity index (χ0v) is 12.8. The Balaban J connectivity index is 1.90. The summed E-state index contributed by atoms with van der Waals surface area (Å²) in [4.78, 5) is 12.5. The van der Waals surface area contributed by atoms with E-state index in [-0.39, 0.29) is 5.91 Å². The van der Waals surface area contributed by atoms with Crippen LogP contribution in [0.5, 0.6) is 0 Å². The average Bonchev–Trinajstić information content (AvgIpc) is 2.72. The van der Waals surface area contributed by atoms with Gasteiger partial charge in [0.15, 0.2) is 0 Å². The molecule has 0 radical (unpaired) electrons. The maximum absolute atomic E-state index is 12.5. The smallest absolute Gasteiger partial charge is 0.240 e. The number of amides is 1. The fraction of sp³-hybridized carbons (Fsp3) is 0.882.